The van der Waals surface area contributed by atoms with Crippen molar-refractivity contribution in [2.45, 2.75) is 38.8 Å². The Bertz CT molecular complexity index is 431. The van der Waals surface area contributed by atoms with E-state index in [-0.39, 0.29) is 12.1 Å². The molecule has 3 nitrogen and oxygen atoms in total. The van der Waals surface area contributed by atoms with Crippen LogP contribution in [0.25, 0.3) is 0 Å². The maximum absolute atomic E-state index is 9.22. The SMILES string of the molecule is Cc1cccc(N2CC(CCO)N(C)CC2(C)C)c1. The summed E-state index contributed by atoms with van der Waals surface area (Å²) in [5, 5.41) is 9.22. The van der Waals surface area contributed by atoms with Crippen LogP contribution < -0.4 is 4.90 Å². The standard InChI is InChI=1S/C16H26N2O/c1-13-6-5-7-14(10-13)18-11-15(8-9-19)17(4)12-16(18,2)3/h5-7,10,15,19H,8-9,11-12H2,1-4H3. The van der Waals surface area contributed by atoms with Gasteiger partial charge in [0.15, 0.2) is 0 Å². The van der Waals surface area contributed by atoms with Gasteiger partial charge < -0.3 is 10.0 Å². The van der Waals surface area contributed by atoms with Gasteiger partial charge in [-0.05, 0) is 51.9 Å². The van der Waals surface area contributed by atoms with Crippen molar-refractivity contribution in [2.24, 2.45) is 0 Å². The van der Waals surface area contributed by atoms with Gasteiger partial charge in [0.2, 0.25) is 0 Å². The highest BCUT2D eigenvalue weighted by atomic mass is 16.3. The molecule has 106 valence electrons. The van der Waals surface area contributed by atoms with Crippen LogP contribution in [-0.2, 0) is 0 Å². The average molecular weight is 262 g/mol. The van der Waals surface area contributed by atoms with Crippen molar-refractivity contribution in [3.63, 3.8) is 0 Å². The van der Waals surface area contributed by atoms with Gasteiger partial charge in [-0.1, -0.05) is 12.1 Å². The number of hydrogen-bond acceptors (Lipinski definition) is 3. The molecule has 3 heteroatoms. The lowest BCUT2D eigenvalue weighted by Crippen LogP contribution is -2.62. The zero-order valence-corrected chi connectivity index (χ0v) is 12.6. The number of likely N-dealkylation sites (N-methyl/N-ethyl adjacent to an activating group) is 1. The Labute approximate surface area is 116 Å². The topological polar surface area (TPSA) is 26.7 Å². The second-order valence-electron chi connectivity index (χ2n) is 6.34. The lowest BCUT2D eigenvalue weighted by Gasteiger charge is -2.51. The summed E-state index contributed by atoms with van der Waals surface area (Å²) < 4.78 is 0. The second-order valence-corrected chi connectivity index (χ2v) is 6.34. The van der Waals surface area contributed by atoms with E-state index in [9.17, 15) is 5.11 Å². The number of aliphatic hydroxyl groups is 1. The van der Waals surface area contributed by atoms with E-state index in [4.69, 9.17) is 0 Å². The maximum Gasteiger partial charge on any atom is 0.0473 e. The van der Waals surface area contributed by atoms with Crippen molar-refractivity contribution >= 4 is 5.69 Å². The molecule has 2 rings (SSSR count). The van der Waals surface area contributed by atoms with Crippen molar-refractivity contribution in [3.05, 3.63) is 29.8 Å². The number of anilines is 1. The Balaban J connectivity index is 2.26. The van der Waals surface area contributed by atoms with Crippen LogP contribution in [0.2, 0.25) is 0 Å². The molecule has 0 amide bonds. The number of nitrogens with zero attached hydrogens (tertiary/aromatic N) is 2. The molecule has 1 aromatic rings. The van der Waals surface area contributed by atoms with Crippen LogP contribution >= 0.6 is 0 Å². The van der Waals surface area contributed by atoms with Crippen molar-refractivity contribution < 1.29 is 5.11 Å². The number of aryl methyl sites for hydroxylation is 1. The van der Waals surface area contributed by atoms with Crippen molar-refractivity contribution in [1.82, 2.24) is 4.90 Å². The molecule has 0 radical (unpaired) electrons. The monoisotopic (exact) mass is 262 g/mol. The summed E-state index contributed by atoms with van der Waals surface area (Å²) >= 11 is 0. The van der Waals surface area contributed by atoms with Gasteiger partial charge in [0.05, 0.1) is 0 Å². The van der Waals surface area contributed by atoms with E-state index < -0.39 is 0 Å². The Morgan fingerprint density at radius 2 is 2.11 bits per heavy atom. The third-order valence-electron chi connectivity index (χ3n) is 4.16. The average Bonchev–Trinajstić information content (AvgIpc) is 2.32. The molecule has 0 bridgehead atoms. The van der Waals surface area contributed by atoms with Crippen LogP contribution in [0, 0.1) is 6.92 Å². The summed E-state index contributed by atoms with van der Waals surface area (Å²) in [5.74, 6) is 0. The van der Waals surface area contributed by atoms with E-state index in [2.05, 4.69) is 61.9 Å². The molecule has 1 aromatic carbocycles. The molecule has 1 aliphatic heterocycles. The van der Waals surface area contributed by atoms with E-state index in [1.165, 1.54) is 11.3 Å². The first kappa shape index (κ1) is 14.4. The Morgan fingerprint density at radius 3 is 2.74 bits per heavy atom. The summed E-state index contributed by atoms with van der Waals surface area (Å²) in [6, 6.07) is 9.13. The quantitative estimate of drug-likeness (QED) is 0.905. The molecule has 0 aromatic heterocycles. The van der Waals surface area contributed by atoms with Crippen LogP contribution in [0.15, 0.2) is 24.3 Å². The zero-order chi connectivity index (χ0) is 14.0. The number of aliphatic hydroxyl groups excluding tert-OH is 1. The number of piperazine rings is 1. The molecular formula is C16H26N2O. The second kappa shape index (κ2) is 5.51. The van der Waals surface area contributed by atoms with Gasteiger partial charge in [0.1, 0.15) is 0 Å². The molecular weight excluding hydrogens is 236 g/mol. The molecule has 0 spiro atoms. The Hall–Kier alpha value is -1.06. The van der Waals surface area contributed by atoms with Crippen LogP contribution in [0.4, 0.5) is 5.69 Å². The first-order valence-corrected chi connectivity index (χ1v) is 7.09. The van der Waals surface area contributed by atoms with Gasteiger partial charge in [0, 0.05) is 37.0 Å². The van der Waals surface area contributed by atoms with Gasteiger partial charge in [0.25, 0.3) is 0 Å². The smallest absolute Gasteiger partial charge is 0.0473 e. The number of hydrogen-bond donors (Lipinski definition) is 1. The molecule has 1 fully saturated rings. The molecule has 0 aliphatic carbocycles. The Kier molecular flexibility index (Phi) is 4.16. The number of rotatable bonds is 3. The fraction of sp³-hybridized carbons (Fsp3) is 0.625. The molecule has 0 saturated carbocycles. The first-order valence-electron chi connectivity index (χ1n) is 7.09. The predicted octanol–water partition coefficient (Wildman–Crippen LogP) is 2.28. The van der Waals surface area contributed by atoms with Crippen LogP contribution in [-0.4, -0.2) is 48.3 Å². The normalized spacial score (nSPS) is 23.6. The minimum atomic E-state index is 0.120. The van der Waals surface area contributed by atoms with Crippen LogP contribution in [0.5, 0.6) is 0 Å². The molecule has 1 unspecified atom stereocenters. The fourth-order valence-electron chi connectivity index (χ4n) is 3.13. The van der Waals surface area contributed by atoms with Crippen LogP contribution in [0.3, 0.4) is 0 Å². The fourth-order valence-corrected chi connectivity index (χ4v) is 3.13. The largest absolute Gasteiger partial charge is 0.396 e. The van der Waals surface area contributed by atoms with Gasteiger partial charge in [-0.15, -0.1) is 0 Å². The number of benzene rings is 1. The third-order valence-corrected chi connectivity index (χ3v) is 4.16. The Morgan fingerprint density at radius 1 is 1.37 bits per heavy atom. The minimum Gasteiger partial charge on any atom is -0.396 e. The highest BCUT2D eigenvalue weighted by molar-refractivity contribution is 5.51. The van der Waals surface area contributed by atoms with Crippen molar-refractivity contribution in [2.75, 3.05) is 31.6 Å². The van der Waals surface area contributed by atoms with E-state index >= 15 is 0 Å². The van der Waals surface area contributed by atoms with Gasteiger partial charge in [-0.25, -0.2) is 0 Å². The van der Waals surface area contributed by atoms with Crippen LogP contribution in [0.1, 0.15) is 25.8 Å². The highest BCUT2D eigenvalue weighted by Gasteiger charge is 2.37. The third kappa shape index (κ3) is 3.10. The molecule has 1 N–H and O–H groups in total. The molecule has 1 heterocycles. The van der Waals surface area contributed by atoms with Crippen molar-refractivity contribution in [3.8, 4) is 0 Å². The van der Waals surface area contributed by atoms with E-state index in [1.807, 2.05) is 0 Å². The lowest BCUT2D eigenvalue weighted by atomic mass is 9.93. The first-order chi connectivity index (χ1) is 8.94. The maximum atomic E-state index is 9.22. The zero-order valence-electron chi connectivity index (χ0n) is 12.6. The van der Waals surface area contributed by atoms with E-state index in [0.29, 0.717) is 6.04 Å². The molecule has 1 aliphatic rings. The summed E-state index contributed by atoms with van der Waals surface area (Å²) in [5.41, 5.74) is 2.71. The summed E-state index contributed by atoms with van der Waals surface area (Å²) in [4.78, 5) is 4.86. The van der Waals surface area contributed by atoms with Gasteiger partial charge in [-0.2, -0.15) is 0 Å². The molecule has 19 heavy (non-hydrogen) atoms. The van der Waals surface area contributed by atoms with Crippen molar-refractivity contribution in [1.29, 1.82) is 0 Å². The molecule has 1 saturated heterocycles. The van der Waals surface area contributed by atoms with Gasteiger partial charge >= 0.3 is 0 Å². The van der Waals surface area contributed by atoms with E-state index in [0.717, 1.165) is 19.5 Å². The lowest BCUT2D eigenvalue weighted by molar-refractivity contribution is 0.125. The molecule has 1 atom stereocenters. The summed E-state index contributed by atoms with van der Waals surface area (Å²) in [6.45, 7) is 8.98. The summed E-state index contributed by atoms with van der Waals surface area (Å²) in [7, 11) is 2.16. The predicted molar refractivity (Wildman–Crippen MR) is 80.7 cm³/mol. The minimum absolute atomic E-state index is 0.120. The van der Waals surface area contributed by atoms with E-state index in [1.54, 1.807) is 0 Å². The van der Waals surface area contributed by atoms with Gasteiger partial charge in [-0.3, -0.25) is 4.90 Å². The summed E-state index contributed by atoms with van der Waals surface area (Å²) in [6.07, 6.45) is 0.842. The highest BCUT2D eigenvalue weighted by Crippen LogP contribution is 2.30.